The number of nitrogens with zero attached hydrogens (tertiary/aromatic N) is 2. The fraction of sp³-hybridized carbons (Fsp3) is 0.286. The van der Waals surface area contributed by atoms with Crippen LogP contribution in [0, 0.1) is 0 Å². The quantitative estimate of drug-likeness (QED) is 0.176. The molecule has 0 spiro atoms. The lowest BCUT2D eigenvalue weighted by molar-refractivity contribution is -0.139. The maximum atomic E-state index is 14.1. The summed E-state index contributed by atoms with van der Waals surface area (Å²) in [5, 5.41) is 0.657. The summed E-state index contributed by atoms with van der Waals surface area (Å²) in [5.74, 6) is 1.65. The van der Waals surface area contributed by atoms with Crippen LogP contribution in [0.4, 0.5) is 0 Å². The molecule has 1 aliphatic rings. The average molecular weight is 663 g/mol. The first-order chi connectivity index (χ1) is 22.3. The van der Waals surface area contributed by atoms with E-state index >= 15 is 0 Å². The van der Waals surface area contributed by atoms with Gasteiger partial charge in [0, 0.05) is 5.02 Å². The van der Waals surface area contributed by atoms with E-state index in [2.05, 4.69) is 4.99 Å². The first-order valence-electron chi connectivity index (χ1n) is 14.9. The van der Waals surface area contributed by atoms with Crippen LogP contribution >= 0.6 is 22.9 Å². The Hall–Kier alpha value is -4.54. The Balaban J connectivity index is 1.57. The third-order valence-electron chi connectivity index (χ3n) is 7.19. The molecular formula is C35H35ClN2O7S. The van der Waals surface area contributed by atoms with Crippen molar-refractivity contribution in [3.8, 4) is 23.0 Å². The van der Waals surface area contributed by atoms with Gasteiger partial charge in [0.25, 0.3) is 5.56 Å². The van der Waals surface area contributed by atoms with Crippen molar-refractivity contribution < 1.29 is 28.5 Å². The summed E-state index contributed by atoms with van der Waals surface area (Å²) >= 11 is 7.23. The van der Waals surface area contributed by atoms with Crippen LogP contribution < -0.4 is 33.8 Å². The molecule has 0 saturated heterocycles. The number of methoxy groups -OCH3 is 1. The molecule has 0 saturated carbocycles. The average Bonchev–Trinajstić information content (AvgIpc) is 3.35. The summed E-state index contributed by atoms with van der Waals surface area (Å²) in [5.41, 5.74) is 2.84. The number of allylic oxidation sites excluding steroid dienone is 1. The Morgan fingerprint density at radius 3 is 2.30 bits per heavy atom. The number of carbonyl (C=O) groups is 1. The fourth-order valence-corrected chi connectivity index (χ4v) is 6.30. The molecule has 0 unspecified atom stereocenters. The Bertz CT molecular complexity index is 1950. The van der Waals surface area contributed by atoms with E-state index in [9.17, 15) is 9.59 Å². The SMILES string of the molecule is CCOC(=O)C1=C(C)N=c2s/c(=C\c3ccc(OCc4ccc(Cl)cc4)c(OC)c3)c(=O)n2[C@H]1c1ccc(OCC)c(OCC)c1. The van der Waals surface area contributed by atoms with Crippen molar-refractivity contribution in [2.75, 3.05) is 26.9 Å². The van der Waals surface area contributed by atoms with Gasteiger partial charge < -0.3 is 23.7 Å². The molecule has 9 nitrogen and oxygen atoms in total. The maximum Gasteiger partial charge on any atom is 0.338 e. The summed E-state index contributed by atoms with van der Waals surface area (Å²) < 4.78 is 30.6. The molecule has 0 fully saturated rings. The van der Waals surface area contributed by atoms with Gasteiger partial charge >= 0.3 is 5.97 Å². The van der Waals surface area contributed by atoms with Crippen molar-refractivity contribution in [3.63, 3.8) is 0 Å². The Kier molecular flexibility index (Phi) is 10.5. The number of esters is 1. The van der Waals surface area contributed by atoms with E-state index in [4.69, 9.17) is 35.3 Å². The zero-order chi connectivity index (χ0) is 32.8. The van der Waals surface area contributed by atoms with E-state index in [1.54, 1.807) is 43.7 Å². The minimum Gasteiger partial charge on any atom is -0.493 e. The second-order valence-electron chi connectivity index (χ2n) is 10.2. The lowest BCUT2D eigenvalue weighted by atomic mass is 9.95. The number of rotatable bonds is 12. The van der Waals surface area contributed by atoms with Gasteiger partial charge in [-0.15, -0.1) is 0 Å². The van der Waals surface area contributed by atoms with E-state index < -0.39 is 12.0 Å². The highest BCUT2D eigenvalue weighted by Gasteiger charge is 2.34. The van der Waals surface area contributed by atoms with Crippen molar-refractivity contribution in [1.29, 1.82) is 0 Å². The normalized spacial score (nSPS) is 14.4. The van der Waals surface area contributed by atoms with Gasteiger partial charge in [0.15, 0.2) is 27.8 Å². The van der Waals surface area contributed by atoms with Crippen LogP contribution in [-0.4, -0.2) is 37.5 Å². The van der Waals surface area contributed by atoms with E-state index in [0.717, 1.165) is 11.1 Å². The van der Waals surface area contributed by atoms with E-state index in [0.29, 0.717) is 68.4 Å². The van der Waals surface area contributed by atoms with Crippen LogP contribution in [0.5, 0.6) is 23.0 Å². The smallest absolute Gasteiger partial charge is 0.338 e. The number of aromatic nitrogens is 1. The maximum absolute atomic E-state index is 14.1. The molecule has 0 N–H and O–H groups in total. The second kappa shape index (κ2) is 14.7. The Labute approximate surface area is 275 Å². The highest BCUT2D eigenvalue weighted by molar-refractivity contribution is 7.07. The molecule has 1 aliphatic heterocycles. The van der Waals surface area contributed by atoms with E-state index in [1.165, 1.54) is 11.3 Å². The molecule has 1 aromatic heterocycles. The molecule has 0 bridgehead atoms. The molecule has 0 radical (unpaired) electrons. The van der Waals surface area contributed by atoms with Crippen LogP contribution in [0.15, 0.2) is 81.7 Å². The van der Waals surface area contributed by atoms with E-state index in [1.807, 2.05) is 62.4 Å². The molecule has 0 amide bonds. The number of hydrogen-bond acceptors (Lipinski definition) is 9. The number of thiazole rings is 1. The van der Waals surface area contributed by atoms with E-state index in [-0.39, 0.29) is 17.7 Å². The Morgan fingerprint density at radius 1 is 0.913 bits per heavy atom. The first-order valence-corrected chi connectivity index (χ1v) is 16.1. The van der Waals surface area contributed by atoms with Gasteiger partial charge in [-0.1, -0.05) is 47.2 Å². The van der Waals surface area contributed by atoms with Gasteiger partial charge in [0.05, 0.1) is 48.8 Å². The Morgan fingerprint density at radius 2 is 1.61 bits per heavy atom. The minimum absolute atomic E-state index is 0.182. The van der Waals surface area contributed by atoms with Crippen molar-refractivity contribution in [2.45, 2.75) is 40.3 Å². The second-order valence-corrected chi connectivity index (χ2v) is 11.6. The van der Waals surface area contributed by atoms with Crippen LogP contribution in [0.1, 0.15) is 50.4 Å². The van der Waals surface area contributed by atoms with Crippen molar-refractivity contribution in [3.05, 3.63) is 113 Å². The molecule has 0 aliphatic carbocycles. The third-order valence-corrected chi connectivity index (χ3v) is 8.43. The summed E-state index contributed by atoms with van der Waals surface area (Å²) in [4.78, 5) is 32.5. The molecule has 4 aromatic rings. The molecule has 11 heteroatoms. The van der Waals surface area contributed by atoms with Crippen LogP contribution in [0.25, 0.3) is 6.08 Å². The van der Waals surface area contributed by atoms with Crippen molar-refractivity contribution in [1.82, 2.24) is 4.57 Å². The zero-order valence-electron chi connectivity index (χ0n) is 26.3. The molecule has 1 atom stereocenters. The minimum atomic E-state index is -0.787. The first kappa shape index (κ1) is 32.8. The predicted octanol–water partition coefficient (Wildman–Crippen LogP) is 5.84. The summed E-state index contributed by atoms with van der Waals surface area (Å²) in [7, 11) is 1.56. The topological polar surface area (TPSA) is 97.6 Å². The molecular weight excluding hydrogens is 628 g/mol. The molecule has 46 heavy (non-hydrogen) atoms. The number of benzene rings is 3. The number of halogens is 1. The molecule has 5 rings (SSSR count). The van der Waals surface area contributed by atoms with Gasteiger partial charge in [0.2, 0.25) is 0 Å². The monoisotopic (exact) mass is 662 g/mol. The van der Waals surface area contributed by atoms with Gasteiger partial charge in [-0.05, 0) is 86.9 Å². The van der Waals surface area contributed by atoms with Gasteiger partial charge in [-0.3, -0.25) is 9.36 Å². The van der Waals surface area contributed by atoms with Crippen molar-refractivity contribution in [2.24, 2.45) is 4.99 Å². The number of fused-ring (bicyclic) bond motifs is 1. The number of hydrogen-bond donors (Lipinski definition) is 0. The zero-order valence-corrected chi connectivity index (χ0v) is 27.9. The standard InChI is InChI=1S/C35H35ClN2O7S/c1-6-42-27-16-12-24(19-29(27)43-7-2)32-31(34(40)44-8-3)21(4)37-35-38(32)33(39)30(46-35)18-23-11-15-26(28(17-23)41-5)45-20-22-9-13-25(36)14-10-22/h9-19,32H,6-8,20H2,1-5H3/b30-18-/t32-/m0/s1. The van der Waals surface area contributed by atoms with Crippen molar-refractivity contribution >= 4 is 35.0 Å². The summed E-state index contributed by atoms with van der Waals surface area (Å²) in [6.45, 7) is 8.66. The predicted molar refractivity (Wildman–Crippen MR) is 178 cm³/mol. The highest BCUT2D eigenvalue weighted by atomic mass is 35.5. The highest BCUT2D eigenvalue weighted by Crippen LogP contribution is 2.36. The molecule has 3 aromatic carbocycles. The van der Waals surface area contributed by atoms with Crippen LogP contribution in [0.2, 0.25) is 5.02 Å². The largest absolute Gasteiger partial charge is 0.493 e. The van der Waals surface area contributed by atoms with Gasteiger partial charge in [-0.25, -0.2) is 9.79 Å². The number of carbonyl (C=O) groups excluding carboxylic acids is 1. The van der Waals surface area contributed by atoms with Crippen LogP contribution in [0.3, 0.4) is 0 Å². The van der Waals surface area contributed by atoms with Crippen LogP contribution in [-0.2, 0) is 16.1 Å². The third kappa shape index (κ3) is 6.98. The fourth-order valence-electron chi connectivity index (χ4n) is 5.13. The van der Waals surface area contributed by atoms with Gasteiger partial charge in [0.1, 0.15) is 6.61 Å². The van der Waals surface area contributed by atoms with Gasteiger partial charge in [-0.2, -0.15) is 0 Å². The lowest BCUT2D eigenvalue weighted by Gasteiger charge is -2.25. The summed E-state index contributed by atoms with van der Waals surface area (Å²) in [6.07, 6.45) is 1.78. The lowest BCUT2D eigenvalue weighted by Crippen LogP contribution is -2.40. The number of ether oxygens (including phenoxy) is 5. The molecule has 240 valence electrons. The molecule has 2 heterocycles. The summed E-state index contributed by atoms with van der Waals surface area (Å²) in [6, 6.07) is 17.5.